The van der Waals surface area contributed by atoms with Gasteiger partial charge in [0.1, 0.15) is 0 Å². The fourth-order valence-electron chi connectivity index (χ4n) is 0.600. The van der Waals surface area contributed by atoms with Crippen molar-refractivity contribution in [3.8, 4) is 0 Å². The molecule has 0 aromatic heterocycles. The SMILES string of the molecule is O=C(O)[C@@H](F)CCCP(=O)(O)O. The first-order chi connectivity index (χ1) is 5.33. The van der Waals surface area contributed by atoms with Gasteiger partial charge in [-0.2, -0.15) is 0 Å². The molecule has 0 rings (SSSR count). The first-order valence-corrected chi connectivity index (χ1v) is 5.04. The number of carboxylic acid groups (broad SMARTS) is 1. The summed E-state index contributed by atoms with van der Waals surface area (Å²) in [6, 6.07) is 0. The highest BCUT2D eigenvalue weighted by Gasteiger charge is 2.18. The summed E-state index contributed by atoms with van der Waals surface area (Å²) >= 11 is 0. The Morgan fingerprint density at radius 3 is 2.33 bits per heavy atom. The highest BCUT2D eigenvalue weighted by Crippen LogP contribution is 2.35. The summed E-state index contributed by atoms with van der Waals surface area (Å²) in [7, 11) is -4.11. The van der Waals surface area contributed by atoms with E-state index in [1.807, 2.05) is 0 Å². The standard InChI is InChI=1S/C5H10FO5P/c6-4(5(7)8)2-1-3-12(9,10)11/h4H,1-3H2,(H,7,8)(H2,9,10,11)/t4-/m0/s1. The minimum atomic E-state index is -4.11. The van der Waals surface area contributed by atoms with E-state index in [0.29, 0.717) is 0 Å². The second-order valence-corrected chi connectivity index (χ2v) is 4.11. The van der Waals surface area contributed by atoms with Gasteiger partial charge >= 0.3 is 13.6 Å². The molecule has 0 saturated heterocycles. The van der Waals surface area contributed by atoms with Gasteiger partial charge in [0.05, 0.1) is 0 Å². The number of hydrogen-bond donors (Lipinski definition) is 3. The van der Waals surface area contributed by atoms with Crippen LogP contribution in [0.3, 0.4) is 0 Å². The van der Waals surface area contributed by atoms with Crippen molar-refractivity contribution in [3.05, 3.63) is 0 Å². The van der Waals surface area contributed by atoms with Gasteiger partial charge in [0.2, 0.25) is 0 Å². The van der Waals surface area contributed by atoms with Gasteiger partial charge in [0, 0.05) is 6.16 Å². The molecule has 1 atom stereocenters. The zero-order valence-electron chi connectivity index (χ0n) is 6.18. The van der Waals surface area contributed by atoms with Gasteiger partial charge in [-0.15, -0.1) is 0 Å². The van der Waals surface area contributed by atoms with Crippen LogP contribution >= 0.6 is 7.60 Å². The molecule has 72 valence electrons. The molecule has 0 spiro atoms. The Morgan fingerprint density at radius 2 is 2.00 bits per heavy atom. The van der Waals surface area contributed by atoms with Gasteiger partial charge in [-0.05, 0) is 12.8 Å². The number of alkyl halides is 1. The van der Waals surface area contributed by atoms with Gasteiger partial charge in [-0.25, -0.2) is 9.18 Å². The van der Waals surface area contributed by atoms with Gasteiger partial charge in [-0.3, -0.25) is 4.57 Å². The number of aliphatic carboxylic acids is 1. The molecule has 0 amide bonds. The highest BCUT2D eigenvalue weighted by molar-refractivity contribution is 7.51. The van der Waals surface area contributed by atoms with Crippen LogP contribution in [0.1, 0.15) is 12.8 Å². The van der Waals surface area contributed by atoms with Crippen LogP contribution in [0.25, 0.3) is 0 Å². The Morgan fingerprint density at radius 1 is 1.50 bits per heavy atom. The fraction of sp³-hybridized carbons (Fsp3) is 0.800. The van der Waals surface area contributed by atoms with E-state index in [0.717, 1.165) is 0 Å². The number of rotatable bonds is 5. The summed E-state index contributed by atoms with van der Waals surface area (Å²) in [6.45, 7) is 0. The van der Waals surface area contributed by atoms with E-state index in [2.05, 4.69) is 0 Å². The summed E-state index contributed by atoms with van der Waals surface area (Å²) in [5.41, 5.74) is 0. The fourth-order valence-corrected chi connectivity index (χ4v) is 1.19. The molecule has 0 saturated carbocycles. The average molecular weight is 200 g/mol. The third-order valence-electron chi connectivity index (χ3n) is 1.17. The predicted molar refractivity (Wildman–Crippen MR) is 38.7 cm³/mol. The molecule has 0 heterocycles. The molecule has 0 bridgehead atoms. The Bertz CT molecular complexity index is 200. The molecule has 3 N–H and O–H groups in total. The summed E-state index contributed by atoms with van der Waals surface area (Å²) in [5.74, 6) is -1.60. The number of halogens is 1. The molecule has 0 aliphatic carbocycles. The zero-order valence-corrected chi connectivity index (χ0v) is 7.08. The van der Waals surface area contributed by atoms with Crippen LogP contribution < -0.4 is 0 Å². The molecule has 0 fully saturated rings. The van der Waals surface area contributed by atoms with Crippen LogP contribution in [-0.2, 0) is 9.36 Å². The van der Waals surface area contributed by atoms with Gasteiger partial charge in [0.25, 0.3) is 0 Å². The molecule has 0 aromatic carbocycles. The van der Waals surface area contributed by atoms with Crippen LogP contribution in [0, 0.1) is 0 Å². The zero-order chi connectivity index (χ0) is 9.78. The van der Waals surface area contributed by atoms with Gasteiger partial charge in [0.15, 0.2) is 6.17 Å². The van der Waals surface area contributed by atoms with Gasteiger partial charge in [-0.1, -0.05) is 0 Å². The number of carbonyl (C=O) groups is 1. The van der Waals surface area contributed by atoms with Crippen molar-refractivity contribution in [1.82, 2.24) is 0 Å². The molecule has 7 heteroatoms. The van der Waals surface area contributed by atoms with E-state index < -0.39 is 25.9 Å². The molecule has 12 heavy (non-hydrogen) atoms. The lowest BCUT2D eigenvalue weighted by Crippen LogP contribution is -2.14. The molecule has 5 nitrogen and oxygen atoms in total. The normalized spacial score (nSPS) is 14.2. The average Bonchev–Trinajstić information content (AvgIpc) is 1.84. The third-order valence-corrected chi connectivity index (χ3v) is 2.07. The van der Waals surface area contributed by atoms with E-state index in [1.54, 1.807) is 0 Å². The van der Waals surface area contributed by atoms with Crippen LogP contribution in [0.2, 0.25) is 0 Å². The maximum atomic E-state index is 12.2. The van der Waals surface area contributed by atoms with E-state index >= 15 is 0 Å². The minimum absolute atomic E-state index is 0.127. The second kappa shape index (κ2) is 4.54. The lowest BCUT2D eigenvalue weighted by atomic mass is 10.2. The Balaban J connectivity index is 3.58. The van der Waals surface area contributed by atoms with E-state index in [4.69, 9.17) is 14.9 Å². The van der Waals surface area contributed by atoms with E-state index in [1.165, 1.54) is 0 Å². The Labute approximate surface area is 68.4 Å². The highest BCUT2D eigenvalue weighted by atomic mass is 31.2. The van der Waals surface area contributed by atoms with Crippen LogP contribution in [0.15, 0.2) is 0 Å². The summed E-state index contributed by atoms with van der Waals surface area (Å²) in [4.78, 5) is 26.5. The predicted octanol–water partition coefficient (Wildman–Crippen LogP) is 0.367. The van der Waals surface area contributed by atoms with Crippen molar-refractivity contribution in [2.24, 2.45) is 0 Å². The Kier molecular flexibility index (Phi) is 4.37. The van der Waals surface area contributed by atoms with Gasteiger partial charge < -0.3 is 14.9 Å². The van der Waals surface area contributed by atoms with Crippen molar-refractivity contribution < 1.29 is 28.6 Å². The summed E-state index contributed by atoms with van der Waals surface area (Å²) < 4.78 is 22.5. The smallest absolute Gasteiger partial charge is 0.338 e. The molecule has 0 unspecified atom stereocenters. The molecule has 0 radical (unpaired) electrons. The van der Waals surface area contributed by atoms with Crippen molar-refractivity contribution in [1.29, 1.82) is 0 Å². The molecular weight excluding hydrogens is 190 g/mol. The second-order valence-electron chi connectivity index (χ2n) is 2.34. The lowest BCUT2D eigenvalue weighted by Gasteiger charge is -2.03. The first kappa shape index (κ1) is 11.6. The third kappa shape index (κ3) is 6.27. The minimum Gasteiger partial charge on any atom is -0.479 e. The molecular formula is C5H10FO5P. The summed E-state index contributed by atoms with van der Waals surface area (Å²) in [5, 5.41) is 8.04. The van der Waals surface area contributed by atoms with Crippen molar-refractivity contribution in [3.63, 3.8) is 0 Å². The van der Waals surface area contributed by atoms with Crippen molar-refractivity contribution >= 4 is 13.6 Å². The summed E-state index contributed by atoms with van der Waals surface area (Å²) in [6.07, 6.45) is -2.99. The van der Waals surface area contributed by atoms with E-state index in [9.17, 15) is 13.8 Å². The molecule has 0 aliphatic heterocycles. The maximum absolute atomic E-state index is 12.2. The van der Waals surface area contributed by atoms with Crippen molar-refractivity contribution in [2.45, 2.75) is 19.0 Å². The molecule has 0 aliphatic rings. The quantitative estimate of drug-likeness (QED) is 0.557. The lowest BCUT2D eigenvalue weighted by molar-refractivity contribution is -0.143. The van der Waals surface area contributed by atoms with Crippen LogP contribution in [0.4, 0.5) is 4.39 Å². The monoisotopic (exact) mass is 200 g/mol. The topological polar surface area (TPSA) is 94.8 Å². The first-order valence-electron chi connectivity index (χ1n) is 3.24. The Hall–Kier alpha value is -0.450. The number of hydrogen-bond acceptors (Lipinski definition) is 2. The largest absolute Gasteiger partial charge is 0.479 e. The van der Waals surface area contributed by atoms with Crippen molar-refractivity contribution in [2.75, 3.05) is 6.16 Å². The van der Waals surface area contributed by atoms with E-state index in [-0.39, 0.29) is 12.8 Å². The van der Waals surface area contributed by atoms with Crippen LogP contribution in [0.5, 0.6) is 0 Å². The molecule has 0 aromatic rings. The number of carboxylic acids is 1. The maximum Gasteiger partial charge on any atom is 0.338 e. The van der Waals surface area contributed by atoms with Crippen LogP contribution in [-0.4, -0.2) is 33.2 Å².